The summed E-state index contributed by atoms with van der Waals surface area (Å²) in [6.45, 7) is 9.67. The summed E-state index contributed by atoms with van der Waals surface area (Å²) in [5.74, 6) is 1.16. The van der Waals surface area contributed by atoms with Gasteiger partial charge in [-0.15, -0.1) is 12.4 Å². The van der Waals surface area contributed by atoms with Gasteiger partial charge in [-0.1, -0.05) is 38.1 Å². The third kappa shape index (κ3) is 5.53. The van der Waals surface area contributed by atoms with Gasteiger partial charge in [0.25, 0.3) is 5.91 Å². The molecule has 0 bridgehead atoms. The summed E-state index contributed by atoms with van der Waals surface area (Å²) in [5.41, 5.74) is 1.94. The molecule has 3 rings (SSSR count). The second-order valence-electron chi connectivity index (χ2n) is 8.08. The molecule has 7 nitrogen and oxygen atoms in total. The SMILES string of the molecule is CN1CCNCC1c1noc(CCNC(=O)c2ccc(C(C)(C)C)cc2)n1.Cl. The average molecular weight is 408 g/mol. The normalized spacial score (nSPS) is 17.8. The lowest BCUT2D eigenvalue weighted by molar-refractivity contribution is 0.0953. The number of piperazine rings is 1. The molecule has 1 aliphatic heterocycles. The quantitative estimate of drug-likeness (QED) is 0.791. The first-order chi connectivity index (χ1) is 12.8. The number of likely N-dealkylation sites (N-methyl/N-ethyl adjacent to an activating group) is 1. The van der Waals surface area contributed by atoms with Crippen molar-refractivity contribution in [2.75, 3.05) is 33.2 Å². The molecule has 8 heteroatoms. The van der Waals surface area contributed by atoms with E-state index < -0.39 is 0 Å². The molecule has 1 unspecified atom stereocenters. The molecular formula is C20H30ClN5O2. The molecule has 2 aromatic rings. The number of hydrogen-bond acceptors (Lipinski definition) is 6. The maximum atomic E-state index is 12.3. The van der Waals surface area contributed by atoms with Gasteiger partial charge in [0.2, 0.25) is 5.89 Å². The Morgan fingerprint density at radius 3 is 2.68 bits per heavy atom. The molecule has 2 N–H and O–H groups in total. The summed E-state index contributed by atoms with van der Waals surface area (Å²) in [5, 5.41) is 10.4. The van der Waals surface area contributed by atoms with Crippen molar-refractivity contribution in [1.29, 1.82) is 0 Å². The lowest BCUT2D eigenvalue weighted by Gasteiger charge is -2.30. The molecule has 1 amide bonds. The van der Waals surface area contributed by atoms with Crippen LogP contribution in [0.4, 0.5) is 0 Å². The van der Waals surface area contributed by atoms with E-state index in [9.17, 15) is 4.79 Å². The largest absolute Gasteiger partial charge is 0.352 e. The number of benzene rings is 1. The fourth-order valence-electron chi connectivity index (χ4n) is 3.11. The first-order valence-electron chi connectivity index (χ1n) is 9.47. The molecule has 1 aromatic heterocycles. The van der Waals surface area contributed by atoms with Crippen LogP contribution in [-0.2, 0) is 11.8 Å². The van der Waals surface area contributed by atoms with Crippen LogP contribution in [0.3, 0.4) is 0 Å². The van der Waals surface area contributed by atoms with Crippen molar-refractivity contribution in [2.24, 2.45) is 0 Å². The summed E-state index contributed by atoms with van der Waals surface area (Å²) in [6, 6.07) is 7.88. The number of aromatic nitrogens is 2. The Balaban J connectivity index is 0.00000280. The van der Waals surface area contributed by atoms with Crippen molar-refractivity contribution in [2.45, 2.75) is 38.6 Å². The van der Waals surface area contributed by atoms with Crippen molar-refractivity contribution in [3.63, 3.8) is 0 Å². The first-order valence-corrected chi connectivity index (χ1v) is 9.47. The van der Waals surface area contributed by atoms with Crippen LogP contribution in [0.5, 0.6) is 0 Å². The molecule has 1 saturated heterocycles. The Morgan fingerprint density at radius 1 is 1.32 bits per heavy atom. The number of nitrogens with one attached hydrogen (secondary N) is 2. The molecule has 0 aliphatic carbocycles. The van der Waals surface area contributed by atoms with E-state index in [-0.39, 0.29) is 29.8 Å². The molecule has 2 heterocycles. The maximum absolute atomic E-state index is 12.3. The van der Waals surface area contributed by atoms with E-state index in [1.807, 2.05) is 24.3 Å². The lowest BCUT2D eigenvalue weighted by atomic mass is 9.87. The molecular weight excluding hydrogens is 378 g/mol. The first kappa shape index (κ1) is 22.3. The number of halogens is 1. The lowest BCUT2D eigenvalue weighted by Crippen LogP contribution is -2.44. The molecule has 0 radical (unpaired) electrons. The Bertz CT molecular complexity index is 770. The number of amides is 1. The van der Waals surface area contributed by atoms with Gasteiger partial charge in [0.15, 0.2) is 5.82 Å². The second-order valence-corrected chi connectivity index (χ2v) is 8.08. The third-order valence-electron chi connectivity index (χ3n) is 4.93. The van der Waals surface area contributed by atoms with Crippen LogP contribution in [0, 0.1) is 0 Å². The number of carbonyl (C=O) groups is 1. The van der Waals surface area contributed by atoms with E-state index in [0.29, 0.717) is 30.2 Å². The van der Waals surface area contributed by atoms with Crippen molar-refractivity contribution >= 4 is 18.3 Å². The summed E-state index contributed by atoms with van der Waals surface area (Å²) >= 11 is 0. The second kappa shape index (κ2) is 9.49. The zero-order valence-corrected chi connectivity index (χ0v) is 17.8. The van der Waals surface area contributed by atoms with E-state index in [4.69, 9.17) is 4.52 Å². The van der Waals surface area contributed by atoms with Crippen molar-refractivity contribution < 1.29 is 9.32 Å². The fourth-order valence-corrected chi connectivity index (χ4v) is 3.11. The van der Waals surface area contributed by atoms with E-state index in [0.717, 1.165) is 19.6 Å². The Labute approximate surface area is 172 Å². The van der Waals surface area contributed by atoms with Gasteiger partial charge in [-0.3, -0.25) is 9.69 Å². The fraction of sp³-hybridized carbons (Fsp3) is 0.550. The number of nitrogens with zero attached hydrogens (tertiary/aromatic N) is 3. The number of rotatable bonds is 5. The van der Waals surface area contributed by atoms with Crippen LogP contribution in [0.25, 0.3) is 0 Å². The minimum atomic E-state index is -0.0913. The van der Waals surface area contributed by atoms with Crippen molar-refractivity contribution in [3.05, 3.63) is 47.1 Å². The van der Waals surface area contributed by atoms with Gasteiger partial charge in [-0.25, -0.2) is 0 Å². The monoisotopic (exact) mass is 407 g/mol. The summed E-state index contributed by atoms with van der Waals surface area (Å²) in [7, 11) is 2.06. The molecule has 154 valence electrons. The molecule has 0 spiro atoms. The van der Waals surface area contributed by atoms with Gasteiger partial charge in [0.1, 0.15) is 0 Å². The van der Waals surface area contributed by atoms with E-state index in [1.165, 1.54) is 5.56 Å². The van der Waals surface area contributed by atoms with Crippen LogP contribution in [0.1, 0.15) is 54.4 Å². The predicted octanol–water partition coefficient (Wildman–Crippen LogP) is 2.34. The molecule has 1 atom stereocenters. The van der Waals surface area contributed by atoms with Gasteiger partial charge >= 0.3 is 0 Å². The van der Waals surface area contributed by atoms with Crippen molar-refractivity contribution in [1.82, 2.24) is 25.7 Å². The van der Waals surface area contributed by atoms with E-state index in [1.54, 1.807) is 0 Å². The molecule has 28 heavy (non-hydrogen) atoms. The summed E-state index contributed by atoms with van der Waals surface area (Å²) in [6.07, 6.45) is 0.517. The minimum absolute atomic E-state index is 0. The third-order valence-corrected chi connectivity index (χ3v) is 4.93. The number of hydrogen-bond donors (Lipinski definition) is 2. The average Bonchev–Trinajstić information content (AvgIpc) is 3.10. The molecule has 1 fully saturated rings. The zero-order chi connectivity index (χ0) is 19.4. The standard InChI is InChI=1S/C20H29N5O2.ClH/c1-20(2,3)15-7-5-14(6-8-15)19(26)22-10-9-17-23-18(24-27-17)16-13-21-11-12-25(16)4;/h5-8,16,21H,9-13H2,1-4H3,(H,22,26);1H. The van der Waals surface area contributed by atoms with Crippen LogP contribution in [0.2, 0.25) is 0 Å². The van der Waals surface area contributed by atoms with Gasteiger partial charge in [-0.2, -0.15) is 4.98 Å². The summed E-state index contributed by atoms with van der Waals surface area (Å²) < 4.78 is 5.34. The van der Waals surface area contributed by atoms with Crippen LogP contribution in [0.15, 0.2) is 28.8 Å². The Morgan fingerprint density at radius 2 is 2.04 bits per heavy atom. The van der Waals surface area contributed by atoms with Gasteiger partial charge in [0, 0.05) is 38.2 Å². The topological polar surface area (TPSA) is 83.3 Å². The molecule has 0 saturated carbocycles. The van der Waals surface area contributed by atoms with Gasteiger partial charge in [-0.05, 0) is 30.2 Å². The van der Waals surface area contributed by atoms with E-state index >= 15 is 0 Å². The summed E-state index contributed by atoms with van der Waals surface area (Å²) in [4.78, 5) is 19.0. The molecule has 1 aromatic carbocycles. The smallest absolute Gasteiger partial charge is 0.251 e. The van der Waals surface area contributed by atoms with Crippen molar-refractivity contribution in [3.8, 4) is 0 Å². The van der Waals surface area contributed by atoms with Gasteiger partial charge in [0.05, 0.1) is 6.04 Å². The minimum Gasteiger partial charge on any atom is -0.352 e. The predicted molar refractivity (Wildman–Crippen MR) is 111 cm³/mol. The highest BCUT2D eigenvalue weighted by molar-refractivity contribution is 5.94. The van der Waals surface area contributed by atoms with Crippen LogP contribution in [-0.4, -0.2) is 54.2 Å². The molecule has 1 aliphatic rings. The number of carbonyl (C=O) groups excluding carboxylic acids is 1. The van der Waals surface area contributed by atoms with Crippen LogP contribution >= 0.6 is 12.4 Å². The highest BCUT2D eigenvalue weighted by Crippen LogP contribution is 2.22. The maximum Gasteiger partial charge on any atom is 0.251 e. The van der Waals surface area contributed by atoms with E-state index in [2.05, 4.69) is 53.5 Å². The zero-order valence-electron chi connectivity index (χ0n) is 17.0. The Kier molecular flexibility index (Phi) is 7.57. The van der Waals surface area contributed by atoms with Crippen LogP contribution < -0.4 is 10.6 Å². The Hall–Kier alpha value is -1.96. The van der Waals surface area contributed by atoms with Gasteiger partial charge < -0.3 is 15.2 Å². The highest BCUT2D eigenvalue weighted by Gasteiger charge is 2.25. The highest BCUT2D eigenvalue weighted by atomic mass is 35.5.